The quantitative estimate of drug-likeness (QED) is 0.193. The molecule has 0 aliphatic carbocycles. The molecule has 6 N–H and O–H groups in total. The monoisotopic (exact) mass is 574 g/mol. The van der Waals surface area contributed by atoms with Crippen molar-refractivity contribution >= 4 is 11.6 Å². The second-order valence-corrected chi connectivity index (χ2v) is 9.67. The molecule has 0 radical (unpaired) electrons. The van der Waals surface area contributed by atoms with Crippen molar-refractivity contribution in [1.29, 1.82) is 0 Å². The van der Waals surface area contributed by atoms with Gasteiger partial charge in [-0.05, 0) is 35.4 Å². The fraction of sp³-hybridized carbons (Fsp3) is 0.161. The molecule has 2 aliphatic rings. The lowest BCUT2D eigenvalue weighted by Gasteiger charge is -2.26. The number of ether oxygens (including phenoxy) is 3. The largest absolute Gasteiger partial charge is 0.508 e. The van der Waals surface area contributed by atoms with Crippen LogP contribution in [0.15, 0.2) is 66.7 Å². The number of carbonyl (C=O) groups is 2. The molecular weight excluding hydrogens is 548 g/mol. The van der Waals surface area contributed by atoms with Crippen LogP contribution in [0.4, 0.5) is 0 Å². The standard InChI is InChI=1S/C16H14O6.C15H12O5/c1-21-13-3-2-8(4-10(13)18)14-7-12(20)16-11(19)5-9(17)6-15(16)22-14;16-9-3-1-8(2-4-9)13-7-12(19)15-11(18)5-10(17)6-14(15)20-13/h2-6,14,17-19H,7H2,1H3;1-6,13,16-18H,7H2/t14-;/m0./s1. The molecule has 216 valence electrons. The average molecular weight is 575 g/mol. The molecule has 0 aromatic heterocycles. The maximum Gasteiger partial charge on any atom is 0.174 e. The van der Waals surface area contributed by atoms with Crippen LogP contribution in [0.25, 0.3) is 0 Å². The Bertz CT molecular complexity index is 1680. The van der Waals surface area contributed by atoms with Gasteiger partial charge in [0.2, 0.25) is 0 Å². The fourth-order valence-electron chi connectivity index (χ4n) is 4.82. The summed E-state index contributed by atoms with van der Waals surface area (Å²) in [4.78, 5) is 24.3. The fourth-order valence-corrected chi connectivity index (χ4v) is 4.82. The number of methoxy groups -OCH3 is 1. The summed E-state index contributed by atoms with van der Waals surface area (Å²) in [6.45, 7) is 0. The molecule has 2 aliphatic heterocycles. The van der Waals surface area contributed by atoms with Gasteiger partial charge in [0.1, 0.15) is 63.6 Å². The summed E-state index contributed by atoms with van der Waals surface area (Å²) >= 11 is 0. The van der Waals surface area contributed by atoms with Gasteiger partial charge >= 0.3 is 0 Å². The van der Waals surface area contributed by atoms with Gasteiger partial charge in [-0.15, -0.1) is 0 Å². The van der Waals surface area contributed by atoms with Gasteiger partial charge < -0.3 is 44.8 Å². The van der Waals surface area contributed by atoms with Crippen molar-refractivity contribution < 1.29 is 54.4 Å². The number of phenolic OH excluding ortho intramolecular Hbond substituents is 6. The molecule has 6 rings (SSSR count). The van der Waals surface area contributed by atoms with Crippen molar-refractivity contribution in [3.63, 3.8) is 0 Å². The Morgan fingerprint density at radius 1 is 0.595 bits per heavy atom. The van der Waals surface area contributed by atoms with Gasteiger partial charge in [0, 0.05) is 24.3 Å². The molecule has 0 spiro atoms. The summed E-state index contributed by atoms with van der Waals surface area (Å²) in [6, 6.07) is 15.9. The van der Waals surface area contributed by atoms with Gasteiger partial charge in [-0.3, -0.25) is 9.59 Å². The van der Waals surface area contributed by atoms with Crippen LogP contribution < -0.4 is 14.2 Å². The third-order valence-corrected chi connectivity index (χ3v) is 6.81. The number of carbonyl (C=O) groups excluding carboxylic acids is 2. The summed E-state index contributed by atoms with van der Waals surface area (Å²) in [5.41, 5.74) is 1.49. The molecule has 1 unspecified atom stereocenters. The summed E-state index contributed by atoms with van der Waals surface area (Å²) in [5, 5.41) is 57.5. The van der Waals surface area contributed by atoms with Crippen LogP contribution in [-0.2, 0) is 0 Å². The van der Waals surface area contributed by atoms with E-state index in [9.17, 15) is 40.2 Å². The number of phenols is 6. The van der Waals surface area contributed by atoms with E-state index in [-0.39, 0.29) is 81.5 Å². The number of rotatable bonds is 3. The zero-order valence-corrected chi connectivity index (χ0v) is 22.1. The molecular formula is C31H26O11. The highest BCUT2D eigenvalue weighted by molar-refractivity contribution is 6.03. The van der Waals surface area contributed by atoms with Crippen LogP contribution in [0.1, 0.15) is 56.9 Å². The Morgan fingerprint density at radius 3 is 1.55 bits per heavy atom. The van der Waals surface area contributed by atoms with Crippen molar-refractivity contribution in [2.24, 2.45) is 0 Å². The molecule has 11 heteroatoms. The maximum absolute atomic E-state index is 12.2. The first-order chi connectivity index (χ1) is 20.0. The van der Waals surface area contributed by atoms with E-state index in [0.717, 1.165) is 17.7 Å². The second-order valence-electron chi connectivity index (χ2n) is 9.67. The second kappa shape index (κ2) is 11.1. The minimum Gasteiger partial charge on any atom is -0.508 e. The normalized spacial score (nSPS) is 17.1. The number of aromatic hydroxyl groups is 6. The molecule has 4 aromatic carbocycles. The van der Waals surface area contributed by atoms with Crippen LogP contribution in [0, 0.1) is 0 Å². The van der Waals surface area contributed by atoms with Crippen LogP contribution in [0.3, 0.4) is 0 Å². The van der Waals surface area contributed by atoms with Crippen LogP contribution in [0.5, 0.6) is 51.7 Å². The number of ketones is 2. The lowest BCUT2D eigenvalue weighted by Crippen LogP contribution is -2.20. The molecule has 0 bridgehead atoms. The predicted octanol–water partition coefficient (Wildman–Crippen LogP) is 5.03. The van der Waals surface area contributed by atoms with E-state index in [1.165, 1.54) is 37.4 Å². The van der Waals surface area contributed by atoms with Gasteiger partial charge in [0.05, 0.1) is 20.0 Å². The number of hydrogen-bond acceptors (Lipinski definition) is 11. The van der Waals surface area contributed by atoms with Crippen LogP contribution in [-0.4, -0.2) is 49.3 Å². The summed E-state index contributed by atoms with van der Waals surface area (Å²) in [7, 11) is 1.44. The van der Waals surface area contributed by atoms with Crippen molar-refractivity contribution in [3.05, 3.63) is 89.0 Å². The van der Waals surface area contributed by atoms with Crippen LogP contribution >= 0.6 is 0 Å². The Labute approximate surface area is 239 Å². The molecule has 2 heterocycles. The minimum atomic E-state index is -0.613. The third kappa shape index (κ3) is 5.52. The summed E-state index contributed by atoms with van der Waals surface area (Å²) < 4.78 is 16.3. The van der Waals surface area contributed by atoms with E-state index in [2.05, 4.69) is 0 Å². The highest BCUT2D eigenvalue weighted by Gasteiger charge is 2.32. The first-order valence-corrected chi connectivity index (χ1v) is 12.7. The van der Waals surface area contributed by atoms with E-state index >= 15 is 0 Å². The lowest BCUT2D eigenvalue weighted by molar-refractivity contribution is 0.0834. The van der Waals surface area contributed by atoms with Gasteiger partial charge in [-0.25, -0.2) is 0 Å². The third-order valence-electron chi connectivity index (χ3n) is 6.81. The van der Waals surface area contributed by atoms with E-state index < -0.39 is 12.2 Å². The Hall–Kier alpha value is -5.58. The average Bonchev–Trinajstić information content (AvgIpc) is 2.92. The molecule has 4 aromatic rings. The first-order valence-electron chi connectivity index (χ1n) is 12.7. The Kier molecular flexibility index (Phi) is 7.41. The predicted molar refractivity (Wildman–Crippen MR) is 147 cm³/mol. The number of hydrogen-bond donors (Lipinski definition) is 6. The number of fused-ring (bicyclic) bond motifs is 2. The van der Waals surface area contributed by atoms with E-state index in [4.69, 9.17) is 14.2 Å². The molecule has 0 amide bonds. The minimum absolute atomic E-state index is 0.0249. The summed E-state index contributed by atoms with van der Waals surface area (Å²) in [5.74, 6) is -0.812. The van der Waals surface area contributed by atoms with Crippen molar-refractivity contribution in [2.75, 3.05) is 7.11 Å². The zero-order chi connectivity index (χ0) is 30.1. The molecule has 0 saturated heterocycles. The highest BCUT2D eigenvalue weighted by atomic mass is 16.5. The van der Waals surface area contributed by atoms with Crippen molar-refractivity contribution in [3.8, 4) is 51.7 Å². The van der Waals surface area contributed by atoms with Gasteiger partial charge in [0.15, 0.2) is 23.1 Å². The van der Waals surface area contributed by atoms with Gasteiger partial charge in [-0.2, -0.15) is 0 Å². The van der Waals surface area contributed by atoms with E-state index in [1.54, 1.807) is 24.3 Å². The smallest absolute Gasteiger partial charge is 0.174 e. The van der Waals surface area contributed by atoms with Crippen molar-refractivity contribution in [1.82, 2.24) is 0 Å². The highest BCUT2D eigenvalue weighted by Crippen LogP contribution is 2.43. The molecule has 0 saturated carbocycles. The van der Waals surface area contributed by atoms with Gasteiger partial charge in [-0.1, -0.05) is 18.2 Å². The topological polar surface area (TPSA) is 183 Å². The molecule has 42 heavy (non-hydrogen) atoms. The lowest BCUT2D eigenvalue weighted by atomic mass is 9.95. The zero-order valence-electron chi connectivity index (χ0n) is 22.1. The molecule has 11 nitrogen and oxygen atoms in total. The van der Waals surface area contributed by atoms with Crippen LogP contribution in [0.2, 0.25) is 0 Å². The van der Waals surface area contributed by atoms with E-state index in [1.807, 2.05) is 0 Å². The Balaban J connectivity index is 0.000000169. The number of benzene rings is 4. The molecule has 0 fully saturated rings. The first kappa shape index (κ1) is 28.0. The SMILES string of the molecule is COc1ccc([C@@H]2CC(=O)c3c(O)cc(O)cc3O2)cc1O.O=C1CC(c2ccc(O)cc2)Oc2cc(O)cc(O)c21. The van der Waals surface area contributed by atoms with E-state index in [0.29, 0.717) is 11.3 Å². The van der Waals surface area contributed by atoms with Gasteiger partial charge in [0.25, 0.3) is 0 Å². The number of Topliss-reactive ketones (excluding diaryl/α,β-unsaturated/α-hetero) is 2. The maximum atomic E-state index is 12.2. The van der Waals surface area contributed by atoms with Crippen molar-refractivity contribution in [2.45, 2.75) is 25.0 Å². The molecule has 2 atom stereocenters. The summed E-state index contributed by atoms with van der Waals surface area (Å²) in [6.07, 6.45) is -0.998. The Morgan fingerprint density at radius 2 is 1.07 bits per heavy atom.